The van der Waals surface area contributed by atoms with Gasteiger partial charge in [0.1, 0.15) is 0 Å². The van der Waals surface area contributed by atoms with Gasteiger partial charge in [-0.2, -0.15) is 0 Å². The quantitative estimate of drug-likeness (QED) is 0.895. The smallest absolute Gasteiger partial charge is 0.0887 e. The van der Waals surface area contributed by atoms with Crippen molar-refractivity contribution in [2.45, 2.75) is 58.7 Å². The lowest BCUT2D eigenvalue weighted by atomic mass is 9.56. The number of aliphatic hydroxyl groups excluding tert-OH is 1. The van der Waals surface area contributed by atoms with Gasteiger partial charge in [0.2, 0.25) is 0 Å². The minimum Gasteiger partial charge on any atom is -0.392 e. The molecule has 0 aliphatic carbocycles. The molecule has 0 aromatic heterocycles. The number of benzene rings is 1. The van der Waals surface area contributed by atoms with E-state index in [-0.39, 0.29) is 16.9 Å². The van der Waals surface area contributed by atoms with Crippen molar-refractivity contribution in [1.29, 1.82) is 0 Å². The molecular weight excluding hydrogens is 296 g/mol. The van der Waals surface area contributed by atoms with Crippen molar-refractivity contribution in [1.82, 2.24) is 9.80 Å². The van der Waals surface area contributed by atoms with Gasteiger partial charge in [0.05, 0.1) is 12.3 Å². The van der Waals surface area contributed by atoms with Gasteiger partial charge in [-0.3, -0.25) is 9.80 Å². The van der Waals surface area contributed by atoms with Crippen LogP contribution in [0.25, 0.3) is 0 Å². The van der Waals surface area contributed by atoms with E-state index in [4.69, 9.17) is 0 Å². The molecule has 3 nitrogen and oxygen atoms in total. The summed E-state index contributed by atoms with van der Waals surface area (Å²) < 4.78 is 0. The van der Waals surface area contributed by atoms with Gasteiger partial charge in [0, 0.05) is 37.0 Å². The second kappa shape index (κ2) is 5.82. The van der Waals surface area contributed by atoms with Gasteiger partial charge in [-0.15, -0.1) is 0 Å². The summed E-state index contributed by atoms with van der Waals surface area (Å²) in [5, 5.41) is 11.3. The third kappa shape index (κ3) is 2.28. The molecule has 3 heteroatoms. The highest BCUT2D eigenvalue weighted by Gasteiger charge is 2.64. The van der Waals surface area contributed by atoms with Crippen LogP contribution in [0, 0.1) is 17.8 Å². The van der Waals surface area contributed by atoms with E-state index in [1.165, 1.54) is 11.1 Å². The molecule has 1 aromatic carbocycles. The Labute approximate surface area is 146 Å². The Morgan fingerprint density at radius 1 is 0.917 bits per heavy atom. The first kappa shape index (κ1) is 16.6. The van der Waals surface area contributed by atoms with Crippen molar-refractivity contribution in [3.05, 3.63) is 35.4 Å². The van der Waals surface area contributed by atoms with Crippen molar-refractivity contribution in [2.24, 2.45) is 10.8 Å². The maximum Gasteiger partial charge on any atom is 0.0887 e. The molecule has 4 aliphatic rings. The minimum atomic E-state index is -0.128. The summed E-state index contributed by atoms with van der Waals surface area (Å²) in [7, 11) is 0. The van der Waals surface area contributed by atoms with Crippen molar-refractivity contribution >= 4 is 0 Å². The van der Waals surface area contributed by atoms with E-state index in [1.807, 2.05) is 0 Å². The Bertz CT molecular complexity index is 554. The van der Waals surface area contributed by atoms with Crippen molar-refractivity contribution in [2.75, 3.05) is 26.2 Å². The molecule has 0 radical (unpaired) electrons. The molecule has 4 fully saturated rings. The summed E-state index contributed by atoms with van der Waals surface area (Å²) in [6.07, 6.45) is 4.90. The second-order valence-corrected chi connectivity index (χ2v) is 8.72. The Balaban J connectivity index is 1.70. The molecular formula is C21H32N2O. The summed E-state index contributed by atoms with van der Waals surface area (Å²) >= 11 is 0. The number of aryl methyl sites for hydroxylation is 1. The van der Waals surface area contributed by atoms with Crippen LogP contribution in [-0.2, 0) is 0 Å². The molecule has 0 spiro atoms. The molecule has 132 valence electrons. The minimum absolute atomic E-state index is 0.0849. The van der Waals surface area contributed by atoms with Crippen LogP contribution in [0.4, 0.5) is 0 Å². The summed E-state index contributed by atoms with van der Waals surface area (Å²) in [5.41, 5.74) is 2.92. The van der Waals surface area contributed by atoms with Crippen LogP contribution >= 0.6 is 0 Å². The molecule has 0 amide bonds. The molecule has 1 N–H and O–H groups in total. The van der Waals surface area contributed by atoms with E-state index in [2.05, 4.69) is 54.8 Å². The molecule has 0 unspecified atom stereocenters. The Kier molecular flexibility index (Phi) is 4.02. The topological polar surface area (TPSA) is 26.7 Å². The average molecular weight is 329 g/mol. The molecule has 4 heterocycles. The van der Waals surface area contributed by atoms with E-state index < -0.39 is 0 Å². The predicted octanol–water partition coefficient (Wildman–Crippen LogP) is 3.57. The van der Waals surface area contributed by atoms with Gasteiger partial charge in [0.25, 0.3) is 0 Å². The monoisotopic (exact) mass is 328 g/mol. The zero-order valence-corrected chi connectivity index (χ0v) is 15.5. The second-order valence-electron chi connectivity index (χ2n) is 8.72. The van der Waals surface area contributed by atoms with E-state index in [0.717, 1.165) is 51.9 Å². The number of piperidine rings is 2. The Hall–Kier alpha value is -0.900. The fraction of sp³-hybridized carbons (Fsp3) is 0.714. The molecule has 4 saturated heterocycles. The van der Waals surface area contributed by atoms with Gasteiger partial charge in [-0.05, 0) is 25.3 Å². The number of rotatable bonds is 5. The maximum absolute atomic E-state index is 11.3. The van der Waals surface area contributed by atoms with Gasteiger partial charge in [-0.1, -0.05) is 56.5 Å². The fourth-order valence-electron chi connectivity index (χ4n) is 6.15. The van der Waals surface area contributed by atoms with Gasteiger partial charge >= 0.3 is 0 Å². The number of nitrogens with zero attached hydrogens (tertiary/aromatic N) is 2. The number of aliphatic hydroxyl groups is 1. The molecule has 5 rings (SSSR count). The largest absolute Gasteiger partial charge is 0.392 e. The Morgan fingerprint density at radius 3 is 1.79 bits per heavy atom. The molecule has 4 aliphatic heterocycles. The summed E-state index contributed by atoms with van der Waals surface area (Å²) in [6, 6.07) is 9.08. The van der Waals surface area contributed by atoms with Crippen molar-refractivity contribution in [3.63, 3.8) is 0 Å². The summed E-state index contributed by atoms with van der Waals surface area (Å²) in [6.45, 7) is 10.9. The van der Waals surface area contributed by atoms with Crippen molar-refractivity contribution in [3.8, 4) is 0 Å². The number of hydrogen-bond acceptors (Lipinski definition) is 3. The van der Waals surface area contributed by atoms with Crippen LogP contribution in [0.1, 0.15) is 56.8 Å². The lowest BCUT2D eigenvalue weighted by molar-refractivity contribution is -0.268. The standard InChI is InChI=1S/C21H32N2O/c1-4-10-20-12-22-14-21(11-5-2,19(20)24)15-23(13-20)18(22)17-8-6-16(3)7-9-17/h6-9,18-19,24H,4-5,10-15H2,1-3H3. The Morgan fingerprint density at radius 2 is 1.38 bits per heavy atom. The van der Waals surface area contributed by atoms with E-state index in [9.17, 15) is 5.11 Å². The molecule has 24 heavy (non-hydrogen) atoms. The molecule has 0 saturated carbocycles. The normalized spacial score (nSPS) is 43.3. The summed E-state index contributed by atoms with van der Waals surface area (Å²) in [5.74, 6) is 0. The maximum atomic E-state index is 11.3. The molecule has 1 aromatic rings. The summed E-state index contributed by atoms with van der Waals surface area (Å²) in [4.78, 5) is 5.35. The highest BCUT2D eigenvalue weighted by atomic mass is 16.3. The van der Waals surface area contributed by atoms with E-state index >= 15 is 0 Å². The number of hydrogen-bond donors (Lipinski definition) is 1. The van der Waals surface area contributed by atoms with Crippen LogP contribution in [0.5, 0.6) is 0 Å². The molecule has 0 atom stereocenters. The SMILES string of the molecule is CCCC12CN3CC(CCC)(CN(C1)C3c1ccc(C)cc1)C2O. The van der Waals surface area contributed by atoms with Crippen LogP contribution in [0.15, 0.2) is 24.3 Å². The highest BCUT2D eigenvalue weighted by molar-refractivity contribution is 5.27. The zero-order valence-electron chi connectivity index (χ0n) is 15.5. The van der Waals surface area contributed by atoms with E-state index in [0.29, 0.717) is 6.17 Å². The average Bonchev–Trinajstić information content (AvgIpc) is 2.54. The zero-order chi connectivity index (χ0) is 16.9. The van der Waals surface area contributed by atoms with Crippen LogP contribution in [-0.4, -0.2) is 47.2 Å². The highest BCUT2D eigenvalue weighted by Crippen LogP contribution is 2.57. The van der Waals surface area contributed by atoms with Crippen molar-refractivity contribution < 1.29 is 5.11 Å². The van der Waals surface area contributed by atoms with E-state index in [1.54, 1.807) is 0 Å². The predicted molar refractivity (Wildman–Crippen MR) is 97.8 cm³/mol. The van der Waals surface area contributed by atoms with Gasteiger partial charge in [-0.25, -0.2) is 0 Å². The lowest BCUT2D eigenvalue weighted by Gasteiger charge is -2.70. The van der Waals surface area contributed by atoms with Crippen LogP contribution in [0.2, 0.25) is 0 Å². The first-order chi connectivity index (χ1) is 11.5. The first-order valence-electron chi connectivity index (χ1n) is 9.76. The molecule has 4 bridgehead atoms. The van der Waals surface area contributed by atoms with Crippen LogP contribution in [0.3, 0.4) is 0 Å². The third-order valence-corrected chi connectivity index (χ3v) is 6.80. The third-order valence-electron chi connectivity index (χ3n) is 6.80. The van der Waals surface area contributed by atoms with Crippen LogP contribution < -0.4 is 0 Å². The first-order valence-corrected chi connectivity index (χ1v) is 9.76. The van der Waals surface area contributed by atoms with Gasteiger partial charge in [0.15, 0.2) is 0 Å². The lowest BCUT2D eigenvalue weighted by Crippen LogP contribution is -2.78. The van der Waals surface area contributed by atoms with Gasteiger partial charge < -0.3 is 5.11 Å². The fourth-order valence-corrected chi connectivity index (χ4v) is 6.15.